The molecule has 0 radical (unpaired) electrons. The molecule has 0 amide bonds. The molecule has 1 aromatic carbocycles. The fourth-order valence-electron chi connectivity index (χ4n) is 1.75. The molecule has 0 saturated carbocycles. The van der Waals surface area contributed by atoms with Gasteiger partial charge in [-0.2, -0.15) is 0 Å². The quantitative estimate of drug-likeness (QED) is 0.858. The van der Waals surface area contributed by atoms with Crippen LogP contribution in [0.25, 0.3) is 6.08 Å². The number of carboxylic acid groups (broad SMARTS) is 1. The third-order valence-corrected chi connectivity index (χ3v) is 2.81. The SMILES string of the molecule is Cc1cccnc1COc1cc(F)cc(/C=C/C(=O)O)c1. The number of ether oxygens (including phenoxy) is 1. The van der Waals surface area contributed by atoms with E-state index in [1.807, 2.05) is 19.1 Å². The molecule has 0 aliphatic carbocycles. The summed E-state index contributed by atoms with van der Waals surface area (Å²) >= 11 is 0. The van der Waals surface area contributed by atoms with Crippen molar-refractivity contribution in [1.29, 1.82) is 0 Å². The highest BCUT2D eigenvalue weighted by Crippen LogP contribution is 2.19. The van der Waals surface area contributed by atoms with Crippen LogP contribution in [0, 0.1) is 12.7 Å². The van der Waals surface area contributed by atoms with Crippen molar-refractivity contribution in [2.75, 3.05) is 0 Å². The first kappa shape index (κ1) is 14.7. The number of carboxylic acids is 1. The van der Waals surface area contributed by atoms with Gasteiger partial charge in [-0.15, -0.1) is 0 Å². The summed E-state index contributed by atoms with van der Waals surface area (Å²) in [6.45, 7) is 2.14. The average molecular weight is 287 g/mol. The number of carbonyl (C=O) groups is 1. The van der Waals surface area contributed by atoms with Gasteiger partial charge in [-0.25, -0.2) is 9.18 Å². The lowest BCUT2D eigenvalue weighted by atomic mass is 10.2. The Morgan fingerprint density at radius 3 is 2.95 bits per heavy atom. The molecule has 0 atom stereocenters. The van der Waals surface area contributed by atoms with Crippen LogP contribution in [0.2, 0.25) is 0 Å². The number of hydrogen-bond acceptors (Lipinski definition) is 3. The number of aliphatic carboxylic acids is 1. The van der Waals surface area contributed by atoms with Gasteiger partial charge < -0.3 is 9.84 Å². The third-order valence-electron chi connectivity index (χ3n) is 2.81. The highest BCUT2D eigenvalue weighted by atomic mass is 19.1. The third kappa shape index (κ3) is 4.42. The molecule has 1 N–H and O–H groups in total. The van der Waals surface area contributed by atoms with Gasteiger partial charge in [-0.05, 0) is 42.3 Å². The van der Waals surface area contributed by atoms with Crippen LogP contribution in [-0.4, -0.2) is 16.1 Å². The topological polar surface area (TPSA) is 59.4 Å². The number of nitrogens with zero attached hydrogens (tertiary/aromatic N) is 1. The van der Waals surface area contributed by atoms with Crippen molar-refractivity contribution in [3.05, 3.63) is 65.2 Å². The Morgan fingerprint density at radius 1 is 1.43 bits per heavy atom. The number of hydrogen-bond donors (Lipinski definition) is 1. The molecular weight excluding hydrogens is 273 g/mol. The predicted octanol–water partition coefficient (Wildman–Crippen LogP) is 3.21. The number of aromatic nitrogens is 1. The Balaban J connectivity index is 2.13. The summed E-state index contributed by atoms with van der Waals surface area (Å²) in [4.78, 5) is 14.7. The highest BCUT2D eigenvalue weighted by molar-refractivity contribution is 5.85. The first-order valence-corrected chi connectivity index (χ1v) is 6.29. The molecule has 0 unspecified atom stereocenters. The molecule has 21 heavy (non-hydrogen) atoms. The molecule has 0 aliphatic rings. The van der Waals surface area contributed by atoms with Gasteiger partial charge in [0.05, 0.1) is 5.69 Å². The number of aryl methyl sites for hydroxylation is 1. The minimum atomic E-state index is -1.09. The number of halogens is 1. The maximum atomic E-state index is 13.5. The molecule has 2 rings (SSSR count). The second-order valence-corrected chi connectivity index (χ2v) is 4.45. The standard InChI is InChI=1S/C16H14FNO3/c1-11-3-2-6-18-15(11)10-21-14-8-12(4-5-16(19)20)7-13(17)9-14/h2-9H,10H2,1H3,(H,19,20)/b5-4+. The fourth-order valence-corrected chi connectivity index (χ4v) is 1.75. The van der Waals surface area contributed by atoms with Crippen LogP contribution < -0.4 is 4.74 Å². The normalized spacial score (nSPS) is 10.8. The largest absolute Gasteiger partial charge is 0.487 e. The van der Waals surface area contributed by atoms with Crippen molar-refractivity contribution in [1.82, 2.24) is 4.98 Å². The summed E-state index contributed by atoms with van der Waals surface area (Å²) in [6.07, 6.45) is 3.92. The van der Waals surface area contributed by atoms with E-state index < -0.39 is 11.8 Å². The van der Waals surface area contributed by atoms with Gasteiger partial charge in [0.1, 0.15) is 18.2 Å². The Hall–Kier alpha value is -2.69. The van der Waals surface area contributed by atoms with Gasteiger partial charge in [-0.1, -0.05) is 6.07 Å². The molecule has 0 bridgehead atoms. The second-order valence-electron chi connectivity index (χ2n) is 4.45. The second kappa shape index (κ2) is 6.65. The van der Waals surface area contributed by atoms with Gasteiger partial charge in [0.2, 0.25) is 0 Å². The van der Waals surface area contributed by atoms with Crippen LogP contribution in [0.1, 0.15) is 16.8 Å². The Kier molecular flexibility index (Phi) is 4.66. The molecule has 0 saturated heterocycles. The van der Waals surface area contributed by atoms with E-state index in [-0.39, 0.29) is 6.61 Å². The van der Waals surface area contributed by atoms with Crippen molar-refractivity contribution in [2.24, 2.45) is 0 Å². The first-order chi connectivity index (χ1) is 10.0. The lowest BCUT2D eigenvalue weighted by Gasteiger charge is -2.08. The molecule has 4 nitrogen and oxygen atoms in total. The van der Waals surface area contributed by atoms with Crippen molar-refractivity contribution in [3.8, 4) is 5.75 Å². The minimum absolute atomic E-state index is 0.220. The number of benzene rings is 1. The molecule has 0 fully saturated rings. The van der Waals surface area contributed by atoms with Crippen LogP contribution in [0.15, 0.2) is 42.6 Å². The summed E-state index contributed by atoms with van der Waals surface area (Å²) in [5.74, 6) is -1.26. The van der Waals surface area contributed by atoms with Crippen LogP contribution >= 0.6 is 0 Å². The molecule has 0 spiro atoms. The maximum absolute atomic E-state index is 13.5. The maximum Gasteiger partial charge on any atom is 0.328 e. The van der Waals surface area contributed by atoms with Crippen molar-refractivity contribution in [3.63, 3.8) is 0 Å². The predicted molar refractivity (Wildman–Crippen MR) is 76.4 cm³/mol. The van der Waals surface area contributed by atoms with Crippen LogP contribution in [0.3, 0.4) is 0 Å². The van der Waals surface area contributed by atoms with E-state index in [4.69, 9.17) is 9.84 Å². The molecule has 0 aliphatic heterocycles. The van der Waals surface area contributed by atoms with Crippen molar-refractivity contribution in [2.45, 2.75) is 13.5 Å². The van der Waals surface area contributed by atoms with E-state index in [2.05, 4.69) is 4.98 Å². The summed E-state index contributed by atoms with van der Waals surface area (Å²) in [5, 5.41) is 8.58. The zero-order chi connectivity index (χ0) is 15.2. The molecular formula is C16H14FNO3. The van der Waals surface area contributed by atoms with Crippen LogP contribution in [-0.2, 0) is 11.4 Å². The molecule has 1 aromatic heterocycles. The van der Waals surface area contributed by atoms with Crippen LogP contribution in [0.4, 0.5) is 4.39 Å². The fraction of sp³-hybridized carbons (Fsp3) is 0.125. The summed E-state index contributed by atoms with van der Waals surface area (Å²) in [7, 11) is 0. The molecule has 108 valence electrons. The van der Waals surface area contributed by atoms with Crippen LogP contribution in [0.5, 0.6) is 5.75 Å². The zero-order valence-electron chi connectivity index (χ0n) is 11.4. The smallest absolute Gasteiger partial charge is 0.328 e. The highest BCUT2D eigenvalue weighted by Gasteiger charge is 2.03. The van der Waals surface area contributed by atoms with Gasteiger partial charge in [0.25, 0.3) is 0 Å². The van der Waals surface area contributed by atoms with E-state index >= 15 is 0 Å². The lowest BCUT2D eigenvalue weighted by molar-refractivity contribution is -0.131. The molecule has 2 aromatic rings. The Bertz CT molecular complexity index is 683. The minimum Gasteiger partial charge on any atom is -0.487 e. The van der Waals surface area contributed by atoms with E-state index in [9.17, 15) is 9.18 Å². The summed E-state index contributed by atoms with van der Waals surface area (Å²) in [6, 6.07) is 7.80. The van der Waals surface area contributed by atoms with Gasteiger partial charge in [0.15, 0.2) is 0 Å². The molecule has 1 heterocycles. The van der Waals surface area contributed by atoms with E-state index in [1.54, 1.807) is 12.3 Å². The number of pyridine rings is 1. The Labute approximate surface area is 121 Å². The Morgan fingerprint density at radius 2 is 2.24 bits per heavy atom. The van der Waals surface area contributed by atoms with E-state index in [0.717, 1.165) is 17.3 Å². The van der Waals surface area contributed by atoms with Crippen molar-refractivity contribution >= 4 is 12.0 Å². The van der Waals surface area contributed by atoms with Gasteiger partial charge in [-0.3, -0.25) is 4.98 Å². The average Bonchev–Trinajstić information content (AvgIpc) is 2.44. The summed E-state index contributed by atoms with van der Waals surface area (Å²) < 4.78 is 19.0. The van der Waals surface area contributed by atoms with Gasteiger partial charge >= 0.3 is 5.97 Å². The lowest BCUT2D eigenvalue weighted by Crippen LogP contribution is -2.01. The zero-order valence-corrected chi connectivity index (χ0v) is 11.4. The van der Waals surface area contributed by atoms with E-state index in [1.165, 1.54) is 18.2 Å². The summed E-state index contributed by atoms with van der Waals surface area (Å²) in [5.41, 5.74) is 2.18. The monoisotopic (exact) mass is 287 g/mol. The first-order valence-electron chi connectivity index (χ1n) is 6.29. The number of rotatable bonds is 5. The van der Waals surface area contributed by atoms with Gasteiger partial charge in [0, 0.05) is 18.3 Å². The molecule has 5 heteroatoms. The van der Waals surface area contributed by atoms with E-state index in [0.29, 0.717) is 11.3 Å². The van der Waals surface area contributed by atoms with Crippen molar-refractivity contribution < 1.29 is 19.0 Å².